The molecular weight excluding hydrogens is 572 g/mol. The highest BCUT2D eigenvalue weighted by Gasteiger charge is 2.27. The van der Waals surface area contributed by atoms with E-state index in [2.05, 4.69) is 27.9 Å². The Bertz CT molecular complexity index is 1410. The average molecular weight is 615 g/mol. The molecule has 11 nitrogen and oxygen atoms in total. The maximum atomic E-state index is 12.2. The Labute approximate surface area is 255 Å². The molecule has 1 aromatic carbocycles. The molecule has 0 bridgehead atoms. The summed E-state index contributed by atoms with van der Waals surface area (Å²) in [5.41, 5.74) is 3.43. The number of H-pyrrole nitrogens is 1. The lowest BCUT2D eigenvalue weighted by molar-refractivity contribution is 0.0147. The quantitative estimate of drug-likeness (QED) is 0.134. The molecule has 1 aliphatic rings. The van der Waals surface area contributed by atoms with Gasteiger partial charge in [0, 0.05) is 32.4 Å². The number of nitrogens with one attached hydrogen (secondary N) is 1. The molecule has 0 spiro atoms. The molecule has 3 aromatic rings. The molecule has 2 aromatic heterocycles. The number of terminal acetylenes is 1. The van der Waals surface area contributed by atoms with Crippen molar-refractivity contribution < 1.29 is 33.0 Å². The van der Waals surface area contributed by atoms with Crippen LogP contribution in [0.2, 0.25) is 0 Å². The van der Waals surface area contributed by atoms with Gasteiger partial charge >= 0.3 is 0 Å². The largest absolute Gasteiger partial charge is 0.475 e. The first kappa shape index (κ1) is 32.4. The molecule has 4 rings (SSSR count). The monoisotopic (exact) mass is 614 g/mol. The number of aromatic amines is 1. The number of hydrogen-bond donors (Lipinski definition) is 1. The third-order valence-corrected chi connectivity index (χ3v) is 8.27. The van der Waals surface area contributed by atoms with Crippen LogP contribution in [-0.2, 0) is 28.5 Å². The number of nitrogens with zero attached hydrogens (tertiary/aromatic N) is 3. The Hall–Kier alpha value is -3.47. The average Bonchev–Trinajstić information content (AvgIpc) is 3.55. The minimum Gasteiger partial charge on any atom is -0.475 e. The normalized spacial score (nSPS) is 16.0. The summed E-state index contributed by atoms with van der Waals surface area (Å²) in [5, 5.41) is 6.91. The lowest BCUT2D eigenvalue weighted by atomic mass is 9.97. The van der Waals surface area contributed by atoms with E-state index in [4.69, 9.17) is 34.5 Å². The van der Waals surface area contributed by atoms with Crippen LogP contribution in [0.15, 0.2) is 53.7 Å². The zero-order valence-corrected chi connectivity index (χ0v) is 25.6. The summed E-state index contributed by atoms with van der Waals surface area (Å²) < 4.78 is 52.4. The second kappa shape index (κ2) is 16.4. The van der Waals surface area contributed by atoms with Gasteiger partial charge < -0.3 is 23.8 Å². The van der Waals surface area contributed by atoms with Gasteiger partial charge in [-0.05, 0) is 51.3 Å². The van der Waals surface area contributed by atoms with Crippen molar-refractivity contribution in [3.63, 3.8) is 0 Å². The second-order valence-electron chi connectivity index (χ2n) is 9.95. The van der Waals surface area contributed by atoms with Crippen molar-refractivity contribution in [2.45, 2.75) is 50.2 Å². The van der Waals surface area contributed by atoms with Crippen LogP contribution < -0.4 is 9.64 Å². The summed E-state index contributed by atoms with van der Waals surface area (Å²) in [7, 11) is -3.80. The maximum Gasteiger partial charge on any atom is 0.297 e. The maximum absolute atomic E-state index is 12.2. The first-order valence-corrected chi connectivity index (χ1v) is 15.9. The van der Waals surface area contributed by atoms with Crippen LogP contribution in [0.4, 0.5) is 5.69 Å². The van der Waals surface area contributed by atoms with Gasteiger partial charge in [0.05, 0.1) is 61.4 Å². The van der Waals surface area contributed by atoms with Crippen molar-refractivity contribution in [1.29, 1.82) is 0 Å². The first-order chi connectivity index (χ1) is 20.9. The Balaban J connectivity index is 0.00000529. The molecule has 2 atom stereocenters. The molecule has 0 amide bonds. The van der Waals surface area contributed by atoms with E-state index in [0.717, 1.165) is 49.2 Å². The van der Waals surface area contributed by atoms with Crippen molar-refractivity contribution in [2.24, 2.45) is 0 Å². The van der Waals surface area contributed by atoms with Crippen molar-refractivity contribution in [2.75, 3.05) is 57.7 Å². The number of rotatable bonds is 17. The topological polar surface area (TPSA) is 125 Å². The van der Waals surface area contributed by atoms with E-state index < -0.39 is 16.0 Å². The van der Waals surface area contributed by atoms with E-state index in [0.29, 0.717) is 24.8 Å². The Morgan fingerprint density at radius 2 is 1.84 bits per heavy atom. The van der Waals surface area contributed by atoms with Crippen molar-refractivity contribution in [1.82, 2.24) is 15.2 Å². The Morgan fingerprint density at radius 1 is 1.09 bits per heavy atom. The third kappa shape index (κ3) is 9.26. The number of aromatic nitrogens is 3. The molecule has 0 radical (unpaired) electrons. The van der Waals surface area contributed by atoms with E-state index in [1.165, 1.54) is 12.1 Å². The summed E-state index contributed by atoms with van der Waals surface area (Å²) in [6.45, 7) is 6.70. The summed E-state index contributed by atoms with van der Waals surface area (Å²) >= 11 is 0. The summed E-state index contributed by atoms with van der Waals surface area (Å²) in [5.74, 6) is 2.89. The zero-order valence-electron chi connectivity index (χ0n) is 24.7. The molecule has 1 saturated heterocycles. The number of hydrogen-bond acceptors (Lipinski definition) is 10. The number of pyridine rings is 1. The van der Waals surface area contributed by atoms with E-state index in [1.54, 1.807) is 24.5 Å². The van der Waals surface area contributed by atoms with Crippen LogP contribution in [0.5, 0.6) is 5.88 Å². The van der Waals surface area contributed by atoms with Crippen LogP contribution in [0, 0.1) is 19.3 Å². The predicted octanol–water partition coefficient (Wildman–Crippen LogP) is 4.29. The first-order valence-electron chi connectivity index (χ1n) is 14.5. The van der Waals surface area contributed by atoms with Gasteiger partial charge in [-0.1, -0.05) is 23.6 Å². The number of benzene rings is 1. The van der Waals surface area contributed by atoms with Gasteiger partial charge in [-0.25, -0.2) is 4.98 Å². The van der Waals surface area contributed by atoms with Gasteiger partial charge in [0.2, 0.25) is 5.88 Å². The van der Waals surface area contributed by atoms with Gasteiger partial charge in [-0.2, -0.15) is 13.5 Å². The molecule has 2 unspecified atom stereocenters. The smallest absolute Gasteiger partial charge is 0.297 e. The van der Waals surface area contributed by atoms with Crippen LogP contribution in [0.3, 0.4) is 0 Å². The predicted molar refractivity (Wildman–Crippen MR) is 164 cm³/mol. The molecule has 0 saturated carbocycles. The van der Waals surface area contributed by atoms with Crippen LogP contribution in [0.1, 0.15) is 50.4 Å². The molecule has 3 heterocycles. The number of anilines is 1. The van der Waals surface area contributed by atoms with Crippen LogP contribution in [0.25, 0.3) is 0 Å². The Morgan fingerprint density at radius 3 is 2.49 bits per heavy atom. The highest BCUT2D eigenvalue weighted by Crippen LogP contribution is 2.34. The number of ether oxygens (including phenoxy) is 4. The lowest BCUT2D eigenvalue weighted by Crippen LogP contribution is -2.40. The van der Waals surface area contributed by atoms with Crippen LogP contribution in [-0.4, -0.2) is 82.6 Å². The van der Waals surface area contributed by atoms with E-state index >= 15 is 0 Å². The molecular formula is C31H42N4O7S. The molecule has 0 aliphatic carbocycles. The van der Waals surface area contributed by atoms with Gasteiger partial charge in [0.25, 0.3) is 10.1 Å². The molecule has 1 aliphatic heterocycles. The third-order valence-electron chi connectivity index (χ3n) is 6.95. The minimum absolute atomic E-state index is 0. The van der Waals surface area contributed by atoms with Gasteiger partial charge in [-0.15, -0.1) is 6.42 Å². The summed E-state index contributed by atoms with van der Waals surface area (Å²) in [6.07, 6.45) is 12.6. The van der Waals surface area contributed by atoms with Crippen LogP contribution >= 0.6 is 0 Å². The molecule has 1 N–H and O–H groups in total. The highest BCUT2D eigenvalue weighted by atomic mass is 32.2. The van der Waals surface area contributed by atoms with Crippen molar-refractivity contribution in [3.05, 3.63) is 65.6 Å². The Kier molecular flexibility index (Phi) is 12.4. The van der Waals surface area contributed by atoms with E-state index in [-0.39, 0.29) is 39.0 Å². The van der Waals surface area contributed by atoms with Crippen molar-refractivity contribution >= 4 is 15.8 Å². The minimum atomic E-state index is -3.80. The van der Waals surface area contributed by atoms with Gasteiger partial charge in [-0.3, -0.25) is 9.28 Å². The second-order valence-corrected chi connectivity index (χ2v) is 11.6. The SMILES string of the molecule is C#CC(c1cn[nH]c1)c1nc(OCCOCCOCCOS(=O)(=O)c2ccc(C)cc2)ccc1N(CC)C1CCCCO1.[HH]. The fraction of sp³-hybridized carbons (Fsp3) is 0.484. The molecule has 43 heavy (non-hydrogen) atoms. The van der Waals surface area contributed by atoms with E-state index in [9.17, 15) is 8.42 Å². The van der Waals surface area contributed by atoms with Gasteiger partial charge in [0.1, 0.15) is 12.8 Å². The van der Waals surface area contributed by atoms with Crippen molar-refractivity contribution in [3.8, 4) is 18.2 Å². The number of aryl methyl sites for hydroxylation is 1. The fourth-order valence-corrected chi connectivity index (χ4v) is 5.63. The summed E-state index contributed by atoms with van der Waals surface area (Å²) in [6, 6.07) is 10.3. The zero-order chi connectivity index (χ0) is 30.5. The fourth-order valence-electron chi connectivity index (χ4n) is 4.74. The van der Waals surface area contributed by atoms with E-state index in [1.807, 2.05) is 19.1 Å². The molecule has 1 fully saturated rings. The van der Waals surface area contributed by atoms with Gasteiger partial charge in [0.15, 0.2) is 0 Å². The highest BCUT2D eigenvalue weighted by molar-refractivity contribution is 7.86. The lowest BCUT2D eigenvalue weighted by Gasteiger charge is -2.36. The molecule has 12 heteroatoms. The summed E-state index contributed by atoms with van der Waals surface area (Å²) in [4.78, 5) is 7.16. The standard InChI is InChI=1S/C31H40N4O7S.H2/c1-4-27(25-22-32-33-23-25)31-28(35(5-2)30-8-6-7-15-41-30)13-14-29(34-31)40-20-18-38-16-17-39-19-21-42-43(36,37)26-11-9-24(3)10-12-26;/h1,9-14,22-23,27,30H,5-8,15-21H2,2-3H3,(H,32,33);1H. The molecule has 234 valence electrons.